The minimum atomic E-state index is -1.98. The van der Waals surface area contributed by atoms with Gasteiger partial charge in [0.1, 0.15) is 23.4 Å². The number of ether oxygens (including phenoxy) is 2. The van der Waals surface area contributed by atoms with E-state index in [0.29, 0.717) is 5.57 Å². The molecule has 9 atom stereocenters. The Bertz CT molecular complexity index is 1080. The number of hydrogen-bond acceptors (Lipinski definition) is 9. The van der Waals surface area contributed by atoms with Crippen molar-refractivity contribution in [1.29, 1.82) is 0 Å². The topological polar surface area (TPSA) is 154 Å². The largest absolute Gasteiger partial charge is 0.455 e. The van der Waals surface area contributed by atoms with Gasteiger partial charge in [-0.2, -0.15) is 0 Å². The van der Waals surface area contributed by atoms with Crippen LogP contribution in [0.5, 0.6) is 0 Å². The molecule has 1 saturated heterocycles. The smallest absolute Gasteiger partial charge is 0.338 e. The molecule has 0 radical (unpaired) electrons. The van der Waals surface area contributed by atoms with Crippen molar-refractivity contribution >= 4 is 11.8 Å². The fourth-order valence-corrected chi connectivity index (χ4v) is 6.64. The van der Waals surface area contributed by atoms with Gasteiger partial charge in [-0.05, 0) is 38.5 Å². The molecule has 204 valence electrons. The number of carbonyl (C=O) groups excluding carboxylic acids is 2. The van der Waals surface area contributed by atoms with Gasteiger partial charge in [0.05, 0.1) is 35.9 Å². The molecular weight excluding hydrogens is 480 g/mol. The van der Waals surface area contributed by atoms with Crippen molar-refractivity contribution in [2.45, 2.75) is 89.2 Å². The summed E-state index contributed by atoms with van der Waals surface area (Å²) in [5.41, 5.74) is -5.84. The van der Waals surface area contributed by atoms with E-state index < -0.39 is 70.2 Å². The van der Waals surface area contributed by atoms with Crippen molar-refractivity contribution in [1.82, 2.24) is 0 Å². The molecule has 1 aromatic carbocycles. The number of Topliss-reactive ketones (excluding diaryl/α,β-unsaturated/α-hetero) is 1. The van der Waals surface area contributed by atoms with Gasteiger partial charge in [-0.25, -0.2) is 4.79 Å². The highest BCUT2D eigenvalue weighted by atomic mass is 16.6. The highest BCUT2D eigenvalue weighted by Gasteiger charge is 2.73. The zero-order valence-corrected chi connectivity index (χ0v) is 21.9. The number of carbonyl (C=O) groups is 2. The maximum Gasteiger partial charge on any atom is 0.338 e. The third-order valence-corrected chi connectivity index (χ3v) is 9.05. The van der Waals surface area contributed by atoms with E-state index in [1.165, 1.54) is 26.0 Å². The van der Waals surface area contributed by atoms with Crippen LogP contribution in [0, 0.1) is 16.7 Å². The summed E-state index contributed by atoms with van der Waals surface area (Å²) in [6, 6.07) is 8.10. The number of ketones is 1. The zero-order valence-electron chi connectivity index (χ0n) is 21.9. The van der Waals surface area contributed by atoms with E-state index >= 15 is 0 Å². The van der Waals surface area contributed by atoms with Crippen molar-refractivity contribution in [2.24, 2.45) is 16.7 Å². The van der Waals surface area contributed by atoms with Crippen LogP contribution in [-0.4, -0.2) is 85.6 Å². The van der Waals surface area contributed by atoms with Crippen LogP contribution in [0.1, 0.15) is 57.8 Å². The van der Waals surface area contributed by atoms with Gasteiger partial charge in [-0.3, -0.25) is 4.79 Å². The Kier molecular flexibility index (Phi) is 6.97. The number of esters is 1. The van der Waals surface area contributed by atoms with E-state index in [1.807, 2.05) is 0 Å². The van der Waals surface area contributed by atoms with Crippen molar-refractivity contribution in [3.05, 3.63) is 47.5 Å². The van der Waals surface area contributed by atoms with E-state index in [9.17, 15) is 35.1 Å². The molecule has 3 aliphatic rings. The predicted molar refractivity (Wildman–Crippen MR) is 132 cm³/mol. The Labute approximate surface area is 216 Å². The fourth-order valence-electron chi connectivity index (χ4n) is 6.64. The van der Waals surface area contributed by atoms with Crippen LogP contribution in [0.2, 0.25) is 0 Å². The van der Waals surface area contributed by atoms with Crippen LogP contribution in [0.15, 0.2) is 42.0 Å². The number of aliphatic hydroxyl groups is 5. The van der Waals surface area contributed by atoms with Gasteiger partial charge in [0.2, 0.25) is 0 Å². The lowest BCUT2D eigenvalue weighted by Gasteiger charge is -2.64. The van der Waals surface area contributed by atoms with E-state index in [4.69, 9.17) is 9.47 Å². The second kappa shape index (κ2) is 9.25. The van der Waals surface area contributed by atoms with Crippen LogP contribution >= 0.6 is 0 Å². The normalized spacial score (nSPS) is 40.4. The molecule has 2 aliphatic carbocycles. The molecule has 4 rings (SSSR count). The Morgan fingerprint density at radius 3 is 2.27 bits per heavy atom. The van der Waals surface area contributed by atoms with Crippen molar-refractivity contribution in [3.63, 3.8) is 0 Å². The minimum Gasteiger partial charge on any atom is -0.455 e. The van der Waals surface area contributed by atoms with Crippen LogP contribution in [0.4, 0.5) is 0 Å². The molecule has 8 unspecified atom stereocenters. The molecule has 0 bridgehead atoms. The van der Waals surface area contributed by atoms with Crippen LogP contribution < -0.4 is 0 Å². The minimum absolute atomic E-state index is 0.0786. The lowest BCUT2D eigenvalue weighted by atomic mass is 9.48. The average Bonchev–Trinajstić information content (AvgIpc) is 2.83. The molecular formula is C28H38O9. The molecule has 0 aromatic heterocycles. The second-order valence-electron chi connectivity index (χ2n) is 11.8. The molecule has 37 heavy (non-hydrogen) atoms. The van der Waals surface area contributed by atoms with Crippen molar-refractivity contribution in [3.8, 4) is 0 Å². The average molecular weight is 519 g/mol. The molecule has 0 spiro atoms. The van der Waals surface area contributed by atoms with Crippen molar-refractivity contribution in [2.75, 3.05) is 6.61 Å². The Hall–Kier alpha value is -2.14. The number of benzene rings is 1. The summed E-state index contributed by atoms with van der Waals surface area (Å²) in [6.07, 6.45) is -5.04. The lowest BCUT2D eigenvalue weighted by molar-refractivity contribution is -0.341. The fraction of sp³-hybridized carbons (Fsp3) is 0.643. The molecule has 0 amide bonds. The first-order valence-electron chi connectivity index (χ1n) is 12.7. The summed E-state index contributed by atoms with van der Waals surface area (Å²) in [7, 11) is 0. The SMILES string of the molecule is CC1=CC(C)(C)C(O)(C(OC(=O)c2ccccc2)C2C3(O)COC3CC(O)[C@@]2(C)C(=O)C(C)O)CC1O. The molecule has 2 fully saturated rings. The third-order valence-electron chi connectivity index (χ3n) is 9.05. The van der Waals surface area contributed by atoms with Gasteiger partial charge >= 0.3 is 5.97 Å². The molecule has 1 heterocycles. The molecule has 1 aromatic rings. The number of hydrogen-bond donors (Lipinski definition) is 5. The van der Waals surface area contributed by atoms with Gasteiger partial charge in [0.15, 0.2) is 5.78 Å². The Morgan fingerprint density at radius 2 is 1.73 bits per heavy atom. The maximum atomic E-state index is 13.5. The first kappa shape index (κ1) is 27.9. The number of rotatable bonds is 6. The maximum absolute atomic E-state index is 13.5. The predicted octanol–water partition coefficient (Wildman–Crippen LogP) is 1.15. The molecule has 5 N–H and O–H groups in total. The first-order chi connectivity index (χ1) is 17.1. The summed E-state index contributed by atoms with van der Waals surface area (Å²) in [6.45, 7) is 7.64. The van der Waals surface area contributed by atoms with Gasteiger partial charge in [-0.15, -0.1) is 0 Å². The van der Waals surface area contributed by atoms with E-state index in [0.717, 1.165) is 0 Å². The van der Waals surface area contributed by atoms with Crippen LogP contribution in [-0.2, 0) is 14.3 Å². The van der Waals surface area contributed by atoms with E-state index in [2.05, 4.69) is 0 Å². The summed E-state index contributed by atoms with van der Waals surface area (Å²) < 4.78 is 11.6. The second-order valence-corrected chi connectivity index (χ2v) is 11.8. The van der Waals surface area contributed by atoms with Crippen LogP contribution in [0.3, 0.4) is 0 Å². The quantitative estimate of drug-likeness (QED) is 0.276. The lowest BCUT2D eigenvalue weighted by Crippen LogP contribution is -2.79. The van der Waals surface area contributed by atoms with E-state index in [-0.39, 0.29) is 25.0 Å². The molecule has 9 nitrogen and oxygen atoms in total. The highest BCUT2D eigenvalue weighted by molar-refractivity contribution is 5.91. The van der Waals surface area contributed by atoms with Crippen molar-refractivity contribution < 1.29 is 44.6 Å². The Morgan fingerprint density at radius 1 is 1.11 bits per heavy atom. The monoisotopic (exact) mass is 518 g/mol. The third kappa shape index (κ3) is 4.16. The standard InChI is InChI=1S/C28H38O9/c1-15-12-25(3,4)28(35,13-18(15)30)23(37-24(33)17-9-7-6-8-10-17)21-26(5,22(32)16(2)29)19(31)11-20-27(21,34)14-36-20/h6-10,12,16,18-21,23,29-31,34-35H,11,13-14H2,1-5H3/t16?,18?,19?,20?,21?,23?,26-,27?,28?/m1/s1. The zero-order chi connectivity index (χ0) is 27.6. The Balaban J connectivity index is 1.94. The van der Waals surface area contributed by atoms with Gasteiger partial charge in [-0.1, -0.05) is 38.1 Å². The van der Waals surface area contributed by atoms with Crippen LogP contribution in [0.25, 0.3) is 0 Å². The van der Waals surface area contributed by atoms with E-state index in [1.54, 1.807) is 45.0 Å². The summed E-state index contributed by atoms with van der Waals surface area (Å²) in [4.78, 5) is 27.0. The van der Waals surface area contributed by atoms with Gasteiger partial charge in [0.25, 0.3) is 0 Å². The first-order valence-corrected chi connectivity index (χ1v) is 12.7. The number of fused-ring (bicyclic) bond motifs is 1. The summed E-state index contributed by atoms with van der Waals surface area (Å²) in [5, 5.41) is 56.7. The summed E-state index contributed by atoms with van der Waals surface area (Å²) in [5.74, 6) is -2.93. The molecule has 1 saturated carbocycles. The summed E-state index contributed by atoms with van der Waals surface area (Å²) >= 11 is 0. The molecule has 1 aliphatic heterocycles. The number of aliphatic hydroxyl groups excluding tert-OH is 3. The van der Waals surface area contributed by atoms with Gasteiger partial charge < -0.3 is 35.0 Å². The molecule has 9 heteroatoms. The highest BCUT2D eigenvalue weighted by Crippen LogP contribution is 2.59. The van der Waals surface area contributed by atoms with Gasteiger partial charge in [0, 0.05) is 24.2 Å².